The number of fused-ring (bicyclic) bond motifs is 4. The number of rotatable bonds is 2. The van der Waals surface area contributed by atoms with Crippen molar-refractivity contribution in [3.05, 3.63) is 91.0 Å². The van der Waals surface area contributed by atoms with Gasteiger partial charge in [0, 0.05) is 34.1 Å². The lowest BCUT2D eigenvalue weighted by Crippen LogP contribution is -1.91. The highest BCUT2D eigenvalue weighted by atomic mass is 16.3. The minimum atomic E-state index is 0.861. The predicted octanol–water partition coefficient (Wildman–Crippen LogP) is 6.57. The summed E-state index contributed by atoms with van der Waals surface area (Å²) in [5, 5.41) is 3.24. The van der Waals surface area contributed by atoms with E-state index in [4.69, 9.17) is 4.42 Å². The lowest BCUT2D eigenvalue weighted by Gasteiger charge is -2.09. The van der Waals surface area contributed by atoms with E-state index in [1.165, 1.54) is 5.56 Å². The van der Waals surface area contributed by atoms with Gasteiger partial charge in [-0.3, -0.25) is 4.98 Å². The monoisotopic (exact) mass is 387 g/mol. The summed E-state index contributed by atoms with van der Waals surface area (Å²) in [6.07, 6.45) is 5.23. The lowest BCUT2D eigenvalue weighted by atomic mass is 9.99. The molecule has 0 N–H and O–H groups in total. The van der Waals surface area contributed by atoms with Gasteiger partial charge in [-0.15, -0.1) is 0 Å². The van der Waals surface area contributed by atoms with Crippen molar-refractivity contribution in [3.8, 4) is 22.4 Å². The van der Waals surface area contributed by atoms with E-state index in [0.717, 1.165) is 55.2 Å². The van der Waals surface area contributed by atoms with E-state index in [0.29, 0.717) is 0 Å². The summed E-state index contributed by atoms with van der Waals surface area (Å²) < 4.78 is 6.27. The molecule has 4 heteroatoms. The molecular weight excluding hydrogens is 370 g/mol. The molecule has 0 saturated carbocycles. The fraction of sp³-hybridized carbons (Fsp3) is 0.0385. The summed E-state index contributed by atoms with van der Waals surface area (Å²) >= 11 is 0. The van der Waals surface area contributed by atoms with Gasteiger partial charge in [0.2, 0.25) is 0 Å². The average Bonchev–Trinajstić information content (AvgIpc) is 3.17. The third kappa shape index (κ3) is 2.58. The molecule has 0 saturated heterocycles. The summed E-state index contributed by atoms with van der Waals surface area (Å²) in [6, 6.07) is 22.8. The zero-order chi connectivity index (χ0) is 20.1. The summed E-state index contributed by atoms with van der Waals surface area (Å²) in [5.74, 6) is 0. The molecule has 0 aliphatic heterocycles. The number of hydrogen-bond acceptors (Lipinski definition) is 4. The molecule has 3 aromatic heterocycles. The Balaban J connectivity index is 1.62. The topological polar surface area (TPSA) is 51.8 Å². The number of nitrogens with zero attached hydrogens (tertiary/aromatic N) is 3. The van der Waals surface area contributed by atoms with Crippen molar-refractivity contribution in [2.75, 3.05) is 0 Å². The van der Waals surface area contributed by atoms with Gasteiger partial charge in [0.25, 0.3) is 0 Å². The first-order valence-corrected chi connectivity index (χ1v) is 9.85. The number of para-hydroxylation sites is 1. The van der Waals surface area contributed by atoms with Crippen LogP contribution in [-0.4, -0.2) is 15.0 Å². The van der Waals surface area contributed by atoms with Gasteiger partial charge in [0.15, 0.2) is 0 Å². The molecule has 4 nitrogen and oxygen atoms in total. The van der Waals surface area contributed by atoms with Crippen LogP contribution in [0.2, 0.25) is 0 Å². The smallest absolute Gasteiger partial charge is 0.144 e. The van der Waals surface area contributed by atoms with Crippen LogP contribution >= 0.6 is 0 Å². The van der Waals surface area contributed by atoms with E-state index < -0.39 is 0 Å². The minimum absolute atomic E-state index is 0.861. The normalized spacial score (nSPS) is 11.5. The maximum atomic E-state index is 6.27. The van der Waals surface area contributed by atoms with Crippen LogP contribution in [0.15, 0.2) is 89.9 Å². The van der Waals surface area contributed by atoms with Gasteiger partial charge in [-0.25, -0.2) is 9.97 Å². The number of furan rings is 1. The zero-order valence-corrected chi connectivity index (χ0v) is 16.3. The SMILES string of the molecule is Cc1cc(-c2ncnc3cc(-c4ccncc4)ccc23)c2oc3ccccc3c2c1. The first-order valence-electron chi connectivity index (χ1n) is 9.85. The Kier molecular flexibility index (Phi) is 3.65. The molecular formula is C26H17N3O. The molecule has 142 valence electrons. The summed E-state index contributed by atoms with van der Waals surface area (Å²) in [7, 11) is 0. The molecule has 0 amide bonds. The number of benzene rings is 3. The van der Waals surface area contributed by atoms with Crippen LogP contribution in [0, 0.1) is 6.92 Å². The van der Waals surface area contributed by atoms with Crippen LogP contribution < -0.4 is 0 Å². The molecule has 0 aliphatic carbocycles. The molecule has 0 fully saturated rings. The van der Waals surface area contributed by atoms with E-state index in [2.05, 4.69) is 58.3 Å². The molecule has 0 atom stereocenters. The van der Waals surface area contributed by atoms with E-state index in [1.54, 1.807) is 18.7 Å². The molecule has 3 aromatic carbocycles. The Bertz CT molecular complexity index is 1550. The molecule has 6 aromatic rings. The highest BCUT2D eigenvalue weighted by Crippen LogP contribution is 2.38. The van der Waals surface area contributed by atoms with Crippen molar-refractivity contribution in [2.45, 2.75) is 6.92 Å². The highest BCUT2D eigenvalue weighted by molar-refractivity contribution is 6.11. The van der Waals surface area contributed by atoms with Gasteiger partial charge in [-0.05, 0) is 66.1 Å². The van der Waals surface area contributed by atoms with Crippen LogP contribution in [0.4, 0.5) is 0 Å². The summed E-state index contributed by atoms with van der Waals surface area (Å²) in [6.45, 7) is 2.11. The van der Waals surface area contributed by atoms with Crippen LogP contribution in [0.5, 0.6) is 0 Å². The molecule has 0 spiro atoms. The molecule has 0 radical (unpaired) electrons. The summed E-state index contributed by atoms with van der Waals surface area (Å²) in [4.78, 5) is 13.3. The number of hydrogen-bond donors (Lipinski definition) is 0. The quantitative estimate of drug-likeness (QED) is 0.337. The van der Waals surface area contributed by atoms with Crippen molar-refractivity contribution in [1.82, 2.24) is 15.0 Å². The molecule has 0 aliphatic rings. The molecule has 30 heavy (non-hydrogen) atoms. The van der Waals surface area contributed by atoms with Crippen molar-refractivity contribution in [1.29, 1.82) is 0 Å². The maximum absolute atomic E-state index is 6.27. The van der Waals surface area contributed by atoms with E-state index in [-0.39, 0.29) is 0 Å². The van der Waals surface area contributed by atoms with Gasteiger partial charge >= 0.3 is 0 Å². The first-order chi connectivity index (χ1) is 14.8. The molecule has 0 bridgehead atoms. The van der Waals surface area contributed by atoms with Crippen LogP contribution in [-0.2, 0) is 0 Å². The highest BCUT2D eigenvalue weighted by Gasteiger charge is 2.16. The van der Waals surface area contributed by atoms with Crippen molar-refractivity contribution in [2.24, 2.45) is 0 Å². The Morgan fingerprint density at radius 1 is 0.733 bits per heavy atom. The second kappa shape index (κ2) is 6.49. The number of aryl methyl sites for hydroxylation is 1. The second-order valence-electron chi connectivity index (χ2n) is 7.48. The summed E-state index contributed by atoms with van der Waals surface area (Å²) in [5.41, 5.74) is 7.91. The van der Waals surface area contributed by atoms with Gasteiger partial charge in [0.05, 0.1) is 11.2 Å². The molecule has 0 unspecified atom stereocenters. The van der Waals surface area contributed by atoms with Crippen molar-refractivity contribution in [3.63, 3.8) is 0 Å². The maximum Gasteiger partial charge on any atom is 0.144 e. The van der Waals surface area contributed by atoms with E-state index in [9.17, 15) is 0 Å². The average molecular weight is 387 g/mol. The molecule has 6 rings (SSSR count). The van der Waals surface area contributed by atoms with Crippen molar-refractivity contribution < 1.29 is 4.42 Å². The van der Waals surface area contributed by atoms with Gasteiger partial charge in [-0.1, -0.05) is 24.3 Å². The third-order valence-electron chi connectivity index (χ3n) is 5.53. The van der Waals surface area contributed by atoms with Crippen LogP contribution in [0.3, 0.4) is 0 Å². The van der Waals surface area contributed by atoms with E-state index in [1.807, 2.05) is 30.3 Å². The lowest BCUT2D eigenvalue weighted by molar-refractivity contribution is 0.670. The zero-order valence-electron chi connectivity index (χ0n) is 16.3. The van der Waals surface area contributed by atoms with E-state index >= 15 is 0 Å². The Hall–Kier alpha value is -4.05. The largest absolute Gasteiger partial charge is 0.455 e. The van der Waals surface area contributed by atoms with Gasteiger partial charge in [0.1, 0.15) is 17.5 Å². The Morgan fingerprint density at radius 2 is 1.60 bits per heavy atom. The Labute approximate surface area is 172 Å². The number of pyridine rings is 1. The standard InChI is InChI=1S/C26H17N3O/c1-16-12-21-19-4-2-3-5-24(19)30-26(21)22(13-16)25-20-7-6-18(14-23(20)28-15-29-25)17-8-10-27-11-9-17/h2-15H,1H3. The first kappa shape index (κ1) is 16.9. The third-order valence-corrected chi connectivity index (χ3v) is 5.53. The van der Waals surface area contributed by atoms with Gasteiger partial charge < -0.3 is 4.42 Å². The number of aromatic nitrogens is 3. The minimum Gasteiger partial charge on any atom is -0.455 e. The fourth-order valence-corrected chi connectivity index (χ4v) is 4.14. The predicted molar refractivity (Wildman–Crippen MR) is 120 cm³/mol. The Morgan fingerprint density at radius 3 is 2.50 bits per heavy atom. The van der Waals surface area contributed by atoms with Crippen LogP contribution in [0.25, 0.3) is 55.2 Å². The second-order valence-corrected chi connectivity index (χ2v) is 7.48. The molecule has 3 heterocycles. The fourth-order valence-electron chi connectivity index (χ4n) is 4.14. The van der Waals surface area contributed by atoms with Crippen molar-refractivity contribution >= 4 is 32.8 Å². The van der Waals surface area contributed by atoms with Crippen LogP contribution in [0.1, 0.15) is 5.56 Å². The van der Waals surface area contributed by atoms with Gasteiger partial charge in [-0.2, -0.15) is 0 Å².